The van der Waals surface area contributed by atoms with Crippen LogP contribution in [0.5, 0.6) is 5.75 Å². The Hall–Kier alpha value is -1.89. The predicted molar refractivity (Wildman–Crippen MR) is 96.8 cm³/mol. The van der Waals surface area contributed by atoms with Crippen molar-refractivity contribution < 1.29 is 9.53 Å². The minimum atomic E-state index is 0.168. The SMILES string of the molecule is COc1cnc(N2CCC[C@]3(CCC(=O)N(CCN(C)C)C3)C2)nc1. The maximum atomic E-state index is 12.3. The van der Waals surface area contributed by atoms with Crippen LogP contribution in [0.25, 0.3) is 0 Å². The van der Waals surface area contributed by atoms with Gasteiger partial charge in [-0.1, -0.05) is 0 Å². The highest BCUT2D eigenvalue weighted by molar-refractivity contribution is 5.77. The number of rotatable bonds is 5. The smallest absolute Gasteiger partial charge is 0.225 e. The largest absolute Gasteiger partial charge is 0.494 e. The number of aromatic nitrogens is 2. The van der Waals surface area contributed by atoms with Crippen molar-refractivity contribution in [3.8, 4) is 5.75 Å². The fourth-order valence-corrected chi connectivity index (χ4v) is 3.92. The molecule has 0 saturated carbocycles. The average molecular weight is 347 g/mol. The van der Waals surface area contributed by atoms with Crippen LogP contribution in [0.4, 0.5) is 5.95 Å². The van der Waals surface area contributed by atoms with Gasteiger partial charge in [-0.25, -0.2) is 9.97 Å². The van der Waals surface area contributed by atoms with E-state index in [1.165, 1.54) is 6.42 Å². The number of hydrogen-bond donors (Lipinski definition) is 0. The van der Waals surface area contributed by atoms with Gasteiger partial charge >= 0.3 is 0 Å². The molecule has 0 N–H and O–H groups in total. The van der Waals surface area contributed by atoms with Crippen LogP contribution in [0.1, 0.15) is 25.7 Å². The van der Waals surface area contributed by atoms with Gasteiger partial charge in [0.25, 0.3) is 0 Å². The van der Waals surface area contributed by atoms with E-state index < -0.39 is 0 Å². The molecule has 2 saturated heterocycles. The van der Waals surface area contributed by atoms with E-state index >= 15 is 0 Å². The lowest BCUT2D eigenvalue weighted by molar-refractivity contribution is -0.138. The molecule has 138 valence electrons. The van der Waals surface area contributed by atoms with Crippen molar-refractivity contribution in [1.82, 2.24) is 19.8 Å². The molecule has 3 heterocycles. The zero-order valence-electron chi connectivity index (χ0n) is 15.6. The van der Waals surface area contributed by atoms with Crippen molar-refractivity contribution in [2.45, 2.75) is 25.7 Å². The van der Waals surface area contributed by atoms with Crippen molar-refractivity contribution >= 4 is 11.9 Å². The summed E-state index contributed by atoms with van der Waals surface area (Å²) < 4.78 is 5.15. The van der Waals surface area contributed by atoms with Gasteiger partial charge in [-0.05, 0) is 33.4 Å². The van der Waals surface area contributed by atoms with E-state index in [1.807, 2.05) is 14.1 Å². The van der Waals surface area contributed by atoms with Gasteiger partial charge in [0.15, 0.2) is 5.75 Å². The van der Waals surface area contributed by atoms with E-state index in [1.54, 1.807) is 19.5 Å². The molecule has 1 aromatic heterocycles. The Bertz CT molecular complexity index is 592. The predicted octanol–water partition coefficient (Wildman–Crippen LogP) is 1.26. The Morgan fingerprint density at radius 2 is 2.00 bits per heavy atom. The summed E-state index contributed by atoms with van der Waals surface area (Å²) in [7, 11) is 5.72. The fourth-order valence-electron chi connectivity index (χ4n) is 3.92. The third kappa shape index (κ3) is 4.21. The molecule has 2 fully saturated rings. The van der Waals surface area contributed by atoms with E-state index in [9.17, 15) is 4.79 Å². The number of carbonyl (C=O) groups excluding carboxylic acids is 1. The number of likely N-dealkylation sites (N-methyl/N-ethyl adjacent to an activating group) is 1. The Morgan fingerprint density at radius 1 is 1.24 bits per heavy atom. The van der Waals surface area contributed by atoms with Gasteiger partial charge in [-0.2, -0.15) is 0 Å². The summed E-state index contributed by atoms with van der Waals surface area (Å²) in [5.74, 6) is 1.73. The molecule has 1 aromatic rings. The van der Waals surface area contributed by atoms with Crippen LogP contribution < -0.4 is 9.64 Å². The topological polar surface area (TPSA) is 61.8 Å². The van der Waals surface area contributed by atoms with E-state index in [2.05, 4.69) is 24.7 Å². The highest BCUT2D eigenvalue weighted by Gasteiger charge is 2.42. The first-order valence-corrected chi connectivity index (χ1v) is 9.05. The Labute approximate surface area is 150 Å². The summed E-state index contributed by atoms with van der Waals surface area (Å²) in [6.07, 6.45) is 7.35. The maximum absolute atomic E-state index is 12.3. The second kappa shape index (κ2) is 7.56. The summed E-state index contributed by atoms with van der Waals surface area (Å²) >= 11 is 0. The molecule has 7 heteroatoms. The molecule has 0 aromatic carbocycles. The molecule has 0 bridgehead atoms. The molecule has 0 aliphatic carbocycles. The van der Waals surface area contributed by atoms with Gasteiger partial charge in [0.05, 0.1) is 19.5 Å². The van der Waals surface area contributed by atoms with Gasteiger partial charge in [0.2, 0.25) is 11.9 Å². The lowest BCUT2D eigenvalue weighted by Gasteiger charge is -2.48. The third-order valence-electron chi connectivity index (χ3n) is 5.36. The van der Waals surface area contributed by atoms with Crippen molar-refractivity contribution in [3.63, 3.8) is 0 Å². The molecule has 1 amide bonds. The van der Waals surface area contributed by atoms with E-state index in [4.69, 9.17) is 4.74 Å². The number of carbonyl (C=O) groups is 1. The molecule has 25 heavy (non-hydrogen) atoms. The van der Waals surface area contributed by atoms with Crippen molar-refractivity contribution in [1.29, 1.82) is 0 Å². The first-order chi connectivity index (χ1) is 12.0. The molecular weight excluding hydrogens is 318 g/mol. The lowest BCUT2D eigenvalue weighted by atomic mass is 9.73. The van der Waals surface area contributed by atoms with Crippen LogP contribution in [0.3, 0.4) is 0 Å². The van der Waals surface area contributed by atoms with E-state index in [0.717, 1.165) is 51.5 Å². The molecule has 2 aliphatic heterocycles. The Balaban J connectivity index is 1.69. The van der Waals surface area contributed by atoms with Gasteiger partial charge in [0.1, 0.15) is 0 Å². The van der Waals surface area contributed by atoms with Crippen LogP contribution in [-0.2, 0) is 4.79 Å². The number of piperidine rings is 2. The minimum absolute atomic E-state index is 0.168. The molecule has 0 unspecified atom stereocenters. The van der Waals surface area contributed by atoms with E-state index in [0.29, 0.717) is 18.1 Å². The second-order valence-corrected chi connectivity index (χ2v) is 7.57. The van der Waals surface area contributed by atoms with Gasteiger partial charge < -0.3 is 19.4 Å². The second-order valence-electron chi connectivity index (χ2n) is 7.57. The minimum Gasteiger partial charge on any atom is -0.494 e. The molecular formula is C18H29N5O2. The highest BCUT2D eigenvalue weighted by atomic mass is 16.5. The van der Waals surface area contributed by atoms with Gasteiger partial charge in [-0.3, -0.25) is 4.79 Å². The van der Waals surface area contributed by atoms with Crippen LogP contribution >= 0.6 is 0 Å². The highest BCUT2D eigenvalue weighted by Crippen LogP contribution is 2.39. The molecule has 1 spiro atoms. The Kier molecular flexibility index (Phi) is 5.42. The number of amides is 1. The number of likely N-dealkylation sites (tertiary alicyclic amines) is 1. The zero-order valence-corrected chi connectivity index (χ0v) is 15.6. The number of ether oxygens (including phenoxy) is 1. The third-order valence-corrected chi connectivity index (χ3v) is 5.36. The van der Waals surface area contributed by atoms with E-state index in [-0.39, 0.29) is 5.41 Å². The van der Waals surface area contributed by atoms with Gasteiger partial charge in [-0.15, -0.1) is 0 Å². The molecule has 0 radical (unpaired) electrons. The average Bonchev–Trinajstić information content (AvgIpc) is 2.63. The monoisotopic (exact) mass is 347 g/mol. The maximum Gasteiger partial charge on any atom is 0.225 e. The van der Waals surface area contributed by atoms with Crippen LogP contribution in [0, 0.1) is 5.41 Å². The standard InChI is InChI=1S/C18H29N5O2/c1-21(2)9-10-22-13-18(7-5-16(22)24)6-4-8-23(14-18)17-19-11-15(25-3)12-20-17/h11-12H,4-10,13-14H2,1-3H3/t18-/m1/s1. The van der Waals surface area contributed by atoms with Crippen molar-refractivity contribution in [3.05, 3.63) is 12.4 Å². The summed E-state index contributed by atoms with van der Waals surface area (Å²) in [5, 5.41) is 0. The first-order valence-electron chi connectivity index (χ1n) is 9.05. The summed E-state index contributed by atoms with van der Waals surface area (Å²) in [6, 6.07) is 0. The van der Waals surface area contributed by atoms with Crippen LogP contribution in [0.2, 0.25) is 0 Å². The quantitative estimate of drug-likeness (QED) is 0.799. The van der Waals surface area contributed by atoms with Crippen molar-refractivity contribution in [2.24, 2.45) is 5.41 Å². The summed E-state index contributed by atoms with van der Waals surface area (Å²) in [4.78, 5) is 27.7. The summed E-state index contributed by atoms with van der Waals surface area (Å²) in [6.45, 7) is 4.47. The molecule has 1 atom stereocenters. The lowest BCUT2D eigenvalue weighted by Crippen LogP contribution is -2.55. The van der Waals surface area contributed by atoms with Gasteiger partial charge in [0, 0.05) is 44.6 Å². The zero-order chi connectivity index (χ0) is 17.9. The summed E-state index contributed by atoms with van der Waals surface area (Å²) in [5.41, 5.74) is 0.168. The number of hydrogen-bond acceptors (Lipinski definition) is 6. The fraction of sp³-hybridized carbons (Fsp3) is 0.722. The normalized spacial score (nSPS) is 24.2. The Morgan fingerprint density at radius 3 is 2.68 bits per heavy atom. The number of anilines is 1. The number of methoxy groups -OCH3 is 1. The van der Waals surface area contributed by atoms with Crippen LogP contribution in [-0.4, -0.2) is 79.6 Å². The number of nitrogens with zero attached hydrogens (tertiary/aromatic N) is 5. The molecule has 7 nitrogen and oxygen atoms in total. The van der Waals surface area contributed by atoms with Crippen LogP contribution in [0.15, 0.2) is 12.4 Å². The molecule has 3 rings (SSSR count). The van der Waals surface area contributed by atoms with Crippen molar-refractivity contribution in [2.75, 3.05) is 58.8 Å². The first kappa shape index (κ1) is 17.9. The molecule has 2 aliphatic rings.